The van der Waals surface area contributed by atoms with Gasteiger partial charge in [-0.1, -0.05) is 17.3 Å². The predicted octanol–water partition coefficient (Wildman–Crippen LogP) is 3.65. The molecule has 1 fully saturated rings. The number of hydrogen-bond donors (Lipinski definition) is 1. The largest absolute Gasteiger partial charge is 0.416 e. The number of amides is 1. The van der Waals surface area contributed by atoms with Crippen LogP contribution in [0.4, 0.5) is 23.2 Å². The number of nitrogens with one attached hydrogen (secondary N) is 1. The zero-order valence-corrected chi connectivity index (χ0v) is 17.5. The summed E-state index contributed by atoms with van der Waals surface area (Å²) in [6.45, 7) is 3.18. The molecule has 1 aromatic heterocycles. The highest BCUT2D eigenvalue weighted by atomic mass is 19.4. The summed E-state index contributed by atoms with van der Waals surface area (Å²) in [4.78, 5) is 20.5. The topological polar surface area (TPSA) is 74.5 Å². The van der Waals surface area contributed by atoms with Crippen LogP contribution in [0.3, 0.4) is 0 Å². The Morgan fingerprint density at radius 3 is 2.42 bits per heavy atom. The lowest BCUT2D eigenvalue weighted by atomic mass is 10.1. The molecule has 1 aliphatic rings. The van der Waals surface area contributed by atoms with Crippen LogP contribution >= 0.6 is 0 Å². The Morgan fingerprint density at radius 1 is 1.03 bits per heavy atom. The van der Waals surface area contributed by atoms with Crippen LogP contribution in [0, 0.1) is 5.82 Å². The summed E-state index contributed by atoms with van der Waals surface area (Å²) in [6.07, 6.45) is -4.45. The minimum atomic E-state index is -4.45. The SMILES string of the molecule is O=C(CN1CCN(Cc2nc(-c3cccc(C(F)(F)F)c3)no2)CC1)Nc1ccc(F)cc1. The summed E-state index contributed by atoms with van der Waals surface area (Å²) < 4.78 is 56.9. The summed E-state index contributed by atoms with van der Waals surface area (Å²) in [5.74, 6) is -0.137. The Labute approximate surface area is 187 Å². The van der Waals surface area contributed by atoms with E-state index in [0.29, 0.717) is 44.3 Å². The summed E-state index contributed by atoms with van der Waals surface area (Å²) in [6, 6.07) is 10.4. The molecule has 0 bridgehead atoms. The van der Waals surface area contributed by atoms with E-state index in [2.05, 4.69) is 20.4 Å². The Balaban J connectivity index is 1.26. The van der Waals surface area contributed by atoms with Gasteiger partial charge in [-0.2, -0.15) is 18.2 Å². The number of carbonyl (C=O) groups excluding carboxylic acids is 1. The lowest BCUT2D eigenvalue weighted by Crippen LogP contribution is -2.48. The van der Waals surface area contributed by atoms with Gasteiger partial charge in [-0.25, -0.2) is 4.39 Å². The second-order valence-electron chi connectivity index (χ2n) is 7.70. The Morgan fingerprint density at radius 2 is 1.73 bits per heavy atom. The number of alkyl halides is 3. The zero-order chi connectivity index (χ0) is 23.4. The fraction of sp³-hybridized carbons (Fsp3) is 0.318. The summed E-state index contributed by atoms with van der Waals surface area (Å²) in [5, 5.41) is 6.54. The van der Waals surface area contributed by atoms with Gasteiger partial charge in [0.05, 0.1) is 18.7 Å². The van der Waals surface area contributed by atoms with Crippen molar-refractivity contribution in [1.82, 2.24) is 19.9 Å². The Hall–Kier alpha value is -3.31. The van der Waals surface area contributed by atoms with Crippen molar-refractivity contribution in [2.75, 3.05) is 38.0 Å². The molecule has 2 heterocycles. The molecule has 1 saturated heterocycles. The number of nitrogens with zero attached hydrogens (tertiary/aromatic N) is 4. The van der Waals surface area contributed by atoms with Crippen molar-refractivity contribution in [3.8, 4) is 11.4 Å². The maximum Gasteiger partial charge on any atom is 0.416 e. The van der Waals surface area contributed by atoms with Crippen LogP contribution in [-0.4, -0.2) is 58.6 Å². The van der Waals surface area contributed by atoms with Gasteiger partial charge in [-0.3, -0.25) is 14.6 Å². The molecule has 33 heavy (non-hydrogen) atoms. The normalized spacial score (nSPS) is 15.5. The molecule has 0 atom stereocenters. The Bertz CT molecular complexity index is 1090. The molecule has 3 aromatic rings. The third kappa shape index (κ3) is 6.14. The lowest BCUT2D eigenvalue weighted by molar-refractivity contribution is -0.137. The minimum Gasteiger partial charge on any atom is -0.338 e. The molecule has 0 saturated carbocycles. The van der Waals surface area contributed by atoms with Crippen LogP contribution in [0.15, 0.2) is 53.1 Å². The third-order valence-corrected chi connectivity index (χ3v) is 5.24. The van der Waals surface area contributed by atoms with Crippen molar-refractivity contribution in [1.29, 1.82) is 0 Å². The average molecular weight is 463 g/mol. The number of hydrogen-bond acceptors (Lipinski definition) is 6. The molecule has 7 nitrogen and oxygen atoms in total. The van der Waals surface area contributed by atoms with Crippen LogP contribution in [0.5, 0.6) is 0 Å². The molecular formula is C22H21F4N5O2. The molecule has 4 rings (SSSR count). The van der Waals surface area contributed by atoms with E-state index in [-0.39, 0.29) is 29.7 Å². The Kier molecular flexibility index (Phi) is 6.70. The van der Waals surface area contributed by atoms with Crippen LogP contribution in [-0.2, 0) is 17.5 Å². The molecule has 0 unspecified atom stereocenters. The molecule has 1 amide bonds. The van der Waals surface area contributed by atoms with Crippen molar-refractivity contribution in [3.05, 3.63) is 65.8 Å². The fourth-order valence-corrected chi connectivity index (χ4v) is 3.50. The van der Waals surface area contributed by atoms with Crippen molar-refractivity contribution in [3.63, 3.8) is 0 Å². The van der Waals surface area contributed by atoms with Crippen molar-refractivity contribution < 1.29 is 26.9 Å². The molecule has 2 aromatic carbocycles. The third-order valence-electron chi connectivity index (χ3n) is 5.24. The maximum absolute atomic E-state index is 13.0. The highest BCUT2D eigenvalue weighted by molar-refractivity contribution is 5.92. The van der Waals surface area contributed by atoms with Crippen molar-refractivity contribution >= 4 is 11.6 Å². The van der Waals surface area contributed by atoms with E-state index in [1.807, 2.05) is 4.90 Å². The maximum atomic E-state index is 13.0. The smallest absolute Gasteiger partial charge is 0.338 e. The molecular weight excluding hydrogens is 442 g/mol. The number of halogens is 4. The number of piperazine rings is 1. The van der Waals surface area contributed by atoms with Gasteiger partial charge in [0.15, 0.2) is 0 Å². The summed E-state index contributed by atoms with van der Waals surface area (Å²) >= 11 is 0. The van der Waals surface area contributed by atoms with E-state index >= 15 is 0 Å². The first-order valence-corrected chi connectivity index (χ1v) is 10.3. The van der Waals surface area contributed by atoms with Crippen molar-refractivity contribution in [2.45, 2.75) is 12.7 Å². The lowest BCUT2D eigenvalue weighted by Gasteiger charge is -2.33. The van der Waals surface area contributed by atoms with E-state index in [1.54, 1.807) is 0 Å². The summed E-state index contributed by atoms with van der Waals surface area (Å²) in [5.41, 5.74) is -0.00393. The number of anilines is 1. The quantitative estimate of drug-likeness (QED) is 0.563. The van der Waals surface area contributed by atoms with Gasteiger partial charge in [-0.05, 0) is 36.4 Å². The monoisotopic (exact) mass is 463 g/mol. The van der Waals surface area contributed by atoms with Gasteiger partial charge in [-0.15, -0.1) is 0 Å². The van der Waals surface area contributed by atoms with E-state index in [1.165, 1.54) is 36.4 Å². The molecule has 0 spiro atoms. The molecule has 174 valence electrons. The standard InChI is InChI=1S/C22H21F4N5O2/c23-17-4-6-18(7-5-17)27-19(32)13-30-8-10-31(11-9-30)14-20-28-21(29-33-20)15-2-1-3-16(12-15)22(24,25)26/h1-7,12H,8-11,13-14H2,(H,27,32). The molecule has 0 aliphatic carbocycles. The van der Waals surface area contributed by atoms with Crippen LogP contribution < -0.4 is 5.32 Å². The van der Waals surface area contributed by atoms with E-state index in [9.17, 15) is 22.4 Å². The summed E-state index contributed by atoms with van der Waals surface area (Å²) in [7, 11) is 0. The van der Waals surface area contributed by atoms with Gasteiger partial charge in [0.2, 0.25) is 17.6 Å². The van der Waals surface area contributed by atoms with E-state index in [0.717, 1.165) is 12.1 Å². The first-order chi connectivity index (χ1) is 15.8. The first kappa shape index (κ1) is 22.9. The average Bonchev–Trinajstić information content (AvgIpc) is 3.25. The molecule has 11 heteroatoms. The number of aromatic nitrogens is 2. The molecule has 0 radical (unpaired) electrons. The van der Waals surface area contributed by atoms with Crippen LogP contribution in [0.2, 0.25) is 0 Å². The van der Waals surface area contributed by atoms with E-state index in [4.69, 9.17) is 4.52 Å². The van der Waals surface area contributed by atoms with Gasteiger partial charge < -0.3 is 9.84 Å². The van der Waals surface area contributed by atoms with Gasteiger partial charge in [0.25, 0.3) is 0 Å². The number of rotatable bonds is 6. The molecule has 1 aliphatic heterocycles. The second-order valence-corrected chi connectivity index (χ2v) is 7.70. The van der Waals surface area contributed by atoms with Crippen LogP contribution in [0.25, 0.3) is 11.4 Å². The minimum absolute atomic E-state index is 0.104. The highest BCUT2D eigenvalue weighted by Gasteiger charge is 2.31. The van der Waals surface area contributed by atoms with Gasteiger partial charge >= 0.3 is 6.18 Å². The highest BCUT2D eigenvalue weighted by Crippen LogP contribution is 2.31. The number of benzene rings is 2. The zero-order valence-electron chi connectivity index (χ0n) is 17.5. The van der Waals surface area contributed by atoms with Crippen molar-refractivity contribution in [2.24, 2.45) is 0 Å². The predicted molar refractivity (Wildman–Crippen MR) is 111 cm³/mol. The van der Waals surface area contributed by atoms with E-state index < -0.39 is 11.7 Å². The van der Waals surface area contributed by atoms with Gasteiger partial charge in [0.1, 0.15) is 5.82 Å². The molecule has 1 N–H and O–H groups in total. The fourth-order valence-electron chi connectivity index (χ4n) is 3.50. The van der Waals surface area contributed by atoms with Gasteiger partial charge in [0, 0.05) is 37.4 Å². The second kappa shape index (κ2) is 9.67. The number of carbonyl (C=O) groups is 1. The first-order valence-electron chi connectivity index (χ1n) is 10.3. The van der Waals surface area contributed by atoms with Crippen LogP contribution in [0.1, 0.15) is 11.5 Å².